The number of ether oxygens (including phenoxy) is 2. The van der Waals surface area contributed by atoms with Crippen molar-refractivity contribution in [1.82, 2.24) is 14.7 Å². The quantitative estimate of drug-likeness (QED) is 0.319. The SMILES string of the molecule is CCOC(=O)c1nn(-c2ccccc2Cl)c(-c2ccc(Cl)cc2)c1NCC1CCCN1C(=O)OC(C)(C)C. The molecule has 1 N–H and O–H groups in total. The number of amides is 1. The fourth-order valence-electron chi connectivity index (χ4n) is 4.43. The Morgan fingerprint density at radius 3 is 2.47 bits per heavy atom. The third kappa shape index (κ3) is 6.25. The van der Waals surface area contributed by atoms with E-state index in [0.29, 0.717) is 40.2 Å². The van der Waals surface area contributed by atoms with Crippen molar-refractivity contribution in [2.24, 2.45) is 0 Å². The molecule has 1 saturated heterocycles. The maximum Gasteiger partial charge on any atom is 0.410 e. The molecular weight excluding hydrogens is 527 g/mol. The lowest BCUT2D eigenvalue weighted by molar-refractivity contribution is 0.0234. The zero-order valence-electron chi connectivity index (χ0n) is 22.0. The van der Waals surface area contributed by atoms with Crippen LogP contribution in [0, 0.1) is 0 Å². The van der Waals surface area contributed by atoms with Gasteiger partial charge in [0.25, 0.3) is 0 Å². The van der Waals surface area contributed by atoms with Gasteiger partial charge in [0.1, 0.15) is 5.60 Å². The molecule has 1 amide bonds. The third-order valence-electron chi connectivity index (χ3n) is 6.07. The number of carbonyl (C=O) groups is 2. The summed E-state index contributed by atoms with van der Waals surface area (Å²) in [6.07, 6.45) is 1.31. The van der Waals surface area contributed by atoms with E-state index in [-0.39, 0.29) is 24.4 Å². The van der Waals surface area contributed by atoms with Crippen LogP contribution in [0.25, 0.3) is 16.9 Å². The predicted octanol–water partition coefficient (Wildman–Crippen LogP) is 6.83. The number of para-hydroxylation sites is 1. The first-order chi connectivity index (χ1) is 18.1. The van der Waals surface area contributed by atoms with Crippen LogP contribution < -0.4 is 5.32 Å². The second-order valence-corrected chi connectivity index (χ2v) is 10.9. The van der Waals surface area contributed by atoms with E-state index in [2.05, 4.69) is 10.4 Å². The number of hydrogen-bond donors (Lipinski definition) is 1. The Morgan fingerprint density at radius 2 is 1.82 bits per heavy atom. The van der Waals surface area contributed by atoms with E-state index in [0.717, 1.165) is 18.4 Å². The number of anilines is 1. The van der Waals surface area contributed by atoms with E-state index in [9.17, 15) is 9.59 Å². The van der Waals surface area contributed by atoms with Gasteiger partial charge in [0, 0.05) is 23.7 Å². The van der Waals surface area contributed by atoms with E-state index >= 15 is 0 Å². The van der Waals surface area contributed by atoms with Crippen LogP contribution in [0.4, 0.5) is 10.5 Å². The van der Waals surface area contributed by atoms with Gasteiger partial charge in [-0.2, -0.15) is 5.10 Å². The molecule has 0 radical (unpaired) electrons. The molecule has 0 saturated carbocycles. The Morgan fingerprint density at radius 1 is 1.11 bits per heavy atom. The number of benzene rings is 2. The van der Waals surface area contributed by atoms with Gasteiger partial charge in [-0.3, -0.25) is 0 Å². The van der Waals surface area contributed by atoms with Crippen LogP contribution in [0.2, 0.25) is 10.0 Å². The highest BCUT2D eigenvalue weighted by molar-refractivity contribution is 6.32. The van der Waals surface area contributed by atoms with E-state index in [1.807, 2.05) is 51.1 Å². The average Bonchev–Trinajstić information content (AvgIpc) is 3.47. The smallest absolute Gasteiger partial charge is 0.410 e. The molecule has 38 heavy (non-hydrogen) atoms. The highest BCUT2D eigenvalue weighted by atomic mass is 35.5. The van der Waals surface area contributed by atoms with Crippen molar-refractivity contribution in [2.45, 2.75) is 52.2 Å². The number of nitrogens with one attached hydrogen (secondary N) is 1. The highest BCUT2D eigenvalue weighted by Gasteiger charge is 2.33. The first-order valence-electron chi connectivity index (χ1n) is 12.6. The number of nitrogens with zero attached hydrogens (tertiary/aromatic N) is 3. The lowest BCUT2D eigenvalue weighted by Gasteiger charge is -2.29. The van der Waals surface area contributed by atoms with Crippen molar-refractivity contribution < 1.29 is 19.1 Å². The second kappa shape index (κ2) is 11.7. The van der Waals surface area contributed by atoms with Crippen molar-refractivity contribution in [2.75, 3.05) is 25.0 Å². The largest absolute Gasteiger partial charge is 0.461 e. The van der Waals surface area contributed by atoms with Crippen molar-refractivity contribution in [3.63, 3.8) is 0 Å². The maximum absolute atomic E-state index is 13.1. The van der Waals surface area contributed by atoms with Crippen molar-refractivity contribution in [3.05, 3.63) is 64.3 Å². The van der Waals surface area contributed by atoms with Gasteiger partial charge in [-0.05, 0) is 64.8 Å². The standard InChI is InChI=1S/C28H32Cl2N4O4/c1-5-37-26(35)24-23(31-17-20-9-8-16-33(20)27(36)38-28(2,3)4)25(18-12-14-19(29)15-13-18)34(32-24)22-11-7-6-10-21(22)30/h6-7,10-15,20,31H,5,8-9,16-17H2,1-4H3. The fraction of sp³-hybridized carbons (Fsp3) is 0.393. The molecule has 1 fully saturated rings. The van der Waals surface area contributed by atoms with Crippen LogP contribution in [-0.4, -0.2) is 58.1 Å². The monoisotopic (exact) mass is 558 g/mol. The summed E-state index contributed by atoms with van der Waals surface area (Å²) in [5.74, 6) is -0.563. The number of carbonyl (C=O) groups excluding carboxylic acids is 2. The van der Waals surface area contributed by atoms with Gasteiger partial charge >= 0.3 is 12.1 Å². The van der Waals surface area contributed by atoms with Gasteiger partial charge in [0.05, 0.1) is 34.7 Å². The molecule has 0 bridgehead atoms. The van der Waals surface area contributed by atoms with Crippen molar-refractivity contribution in [1.29, 1.82) is 0 Å². The molecular formula is C28H32Cl2N4O4. The van der Waals surface area contributed by atoms with E-state index in [1.165, 1.54) is 0 Å². The molecule has 0 spiro atoms. The molecule has 4 rings (SSSR count). The minimum atomic E-state index is -0.591. The van der Waals surface area contributed by atoms with Crippen molar-refractivity contribution >= 4 is 41.0 Å². The molecule has 2 aromatic carbocycles. The minimum Gasteiger partial charge on any atom is -0.461 e. The first kappa shape index (κ1) is 27.8. The molecule has 1 aliphatic heterocycles. The first-order valence-corrected chi connectivity index (χ1v) is 13.4. The van der Waals surface area contributed by atoms with Gasteiger partial charge in [-0.1, -0.05) is 47.5 Å². The Balaban J connectivity index is 1.77. The summed E-state index contributed by atoms with van der Waals surface area (Å²) in [6, 6.07) is 14.4. The Kier molecular flexibility index (Phi) is 8.53. The average molecular weight is 559 g/mol. The maximum atomic E-state index is 13.1. The lowest BCUT2D eigenvalue weighted by Crippen LogP contribution is -2.42. The summed E-state index contributed by atoms with van der Waals surface area (Å²) in [5.41, 5.74) is 2.02. The molecule has 1 unspecified atom stereocenters. The molecule has 8 nitrogen and oxygen atoms in total. The molecule has 1 aromatic heterocycles. The number of aromatic nitrogens is 2. The summed E-state index contributed by atoms with van der Waals surface area (Å²) in [4.78, 5) is 27.7. The van der Waals surface area contributed by atoms with Gasteiger partial charge in [0.2, 0.25) is 0 Å². The lowest BCUT2D eigenvalue weighted by atomic mass is 10.1. The van der Waals surface area contributed by atoms with Crippen LogP contribution in [-0.2, 0) is 9.47 Å². The van der Waals surface area contributed by atoms with Crippen LogP contribution in [0.1, 0.15) is 51.0 Å². The minimum absolute atomic E-state index is 0.123. The third-order valence-corrected chi connectivity index (χ3v) is 6.64. The molecule has 202 valence electrons. The summed E-state index contributed by atoms with van der Waals surface area (Å²) >= 11 is 12.7. The zero-order valence-corrected chi connectivity index (χ0v) is 23.5. The number of likely N-dealkylation sites (tertiary alicyclic amines) is 1. The van der Waals surface area contributed by atoms with Crippen LogP contribution in [0.15, 0.2) is 48.5 Å². The molecule has 10 heteroatoms. The summed E-state index contributed by atoms with van der Waals surface area (Å²) < 4.78 is 12.6. The molecule has 2 heterocycles. The number of halogens is 2. The zero-order chi connectivity index (χ0) is 27.4. The van der Waals surface area contributed by atoms with E-state index in [1.54, 1.807) is 34.7 Å². The van der Waals surface area contributed by atoms with Crippen LogP contribution in [0.5, 0.6) is 0 Å². The molecule has 0 aliphatic carbocycles. The van der Waals surface area contributed by atoms with E-state index in [4.69, 9.17) is 32.7 Å². The predicted molar refractivity (Wildman–Crippen MR) is 149 cm³/mol. The Labute approximate surface area is 232 Å². The number of esters is 1. The highest BCUT2D eigenvalue weighted by Crippen LogP contribution is 2.37. The van der Waals surface area contributed by atoms with Crippen molar-refractivity contribution in [3.8, 4) is 16.9 Å². The molecule has 1 aliphatic rings. The topological polar surface area (TPSA) is 85.7 Å². The Bertz CT molecular complexity index is 1300. The normalized spacial score (nSPS) is 15.4. The van der Waals surface area contributed by atoms with E-state index < -0.39 is 11.6 Å². The van der Waals surface area contributed by atoms with Gasteiger partial charge in [0.15, 0.2) is 5.69 Å². The summed E-state index contributed by atoms with van der Waals surface area (Å²) in [5, 5.41) is 9.14. The van der Waals surface area contributed by atoms with Crippen LogP contribution in [0.3, 0.4) is 0 Å². The Hall–Kier alpha value is -3.23. The number of hydrogen-bond acceptors (Lipinski definition) is 6. The second-order valence-electron chi connectivity index (χ2n) is 10.0. The molecule has 1 atom stereocenters. The summed E-state index contributed by atoms with van der Waals surface area (Å²) in [6.45, 7) is 8.48. The molecule has 3 aromatic rings. The van der Waals surface area contributed by atoms with Gasteiger partial charge < -0.3 is 19.7 Å². The van der Waals surface area contributed by atoms with Gasteiger partial charge in [-0.15, -0.1) is 0 Å². The van der Waals surface area contributed by atoms with Crippen LogP contribution >= 0.6 is 23.2 Å². The summed E-state index contributed by atoms with van der Waals surface area (Å²) in [7, 11) is 0. The number of rotatable bonds is 7. The fourth-order valence-corrected chi connectivity index (χ4v) is 4.77. The van der Waals surface area contributed by atoms with Gasteiger partial charge in [-0.25, -0.2) is 14.3 Å².